The van der Waals surface area contributed by atoms with Crippen LogP contribution in [0.1, 0.15) is 18.7 Å². The molecule has 12 heteroatoms. The number of alkyl halides is 3. The predicted molar refractivity (Wildman–Crippen MR) is 109 cm³/mol. The zero-order valence-corrected chi connectivity index (χ0v) is 17.3. The summed E-state index contributed by atoms with van der Waals surface area (Å²) in [5.41, 5.74) is -0.00819. The lowest BCUT2D eigenvalue weighted by atomic mass is 9.97. The topological polar surface area (TPSA) is 92.9 Å². The van der Waals surface area contributed by atoms with Crippen LogP contribution in [0.4, 0.5) is 19.0 Å². The van der Waals surface area contributed by atoms with E-state index in [4.69, 9.17) is 4.74 Å². The Morgan fingerprint density at radius 3 is 2.41 bits per heavy atom. The number of carbonyl (C=O) groups is 2. The molecule has 2 aromatic rings. The molecule has 1 fully saturated rings. The zero-order chi connectivity index (χ0) is 23.3. The van der Waals surface area contributed by atoms with Crippen molar-refractivity contribution in [2.45, 2.75) is 19.0 Å². The molecule has 0 aliphatic carbocycles. The van der Waals surface area contributed by atoms with Crippen LogP contribution < -0.4 is 4.90 Å². The molecule has 0 aromatic carbocycles. The minimum Gasteiger partial charge on any atom is -0.455 e. The van der Waals surface area contributed by atoms with Crippen molar-refractivity contribution in [3.8, 4) is 0 Å². The molecule has 1 aliphatic heterocycles. The van der Waals surface area contributed by atoms with Crippen LogP contribution in [0.25, 0.3) is 5.65 Å². The first kappa shape index (κ1) is 23.2. The van der Waals surface area contributed by atoms with Gasteiger partial charge >= 0.3 is 12.1 Å². The van der Waals surface area contributed by atoms with Gasteiger partial charge < -0.3 is 14.5 Å². The molecule has 3 rings (SSSR count). The van der Waals surface area contributed by atoms with Gasteiger partial charge in [-0.25, -0.2) is 0 Å². The number of ether oxygens (including phenoxy) is 1. The van der Waals surface area contributed by atoms with Gasteiger partial charge in [-0.2, -0.15) is 17.7 Å². The van der Waals surface area contributed by atoms with Gasteiger partial charge in [-0.05, 0) is 25.0 Å². The fourth-order valence-corrected chi connectivity index (χ4v) is 3.40. The van der Waals surface area contributed by atoms with Crippen LogP contribution >= 0.6 is 0 Å². The number of amides is 1. The molecule has 32 heavy (non-hydrogen) atoms. The standard InChI is InChI=1S/C20H23F3N6O3/c1-3-9-28(10-4-2)17(30)13-32-18(31)14-7-11-27(12-8-14)16-6-5-15-24-25-19(20(21,22)23)29(15)26-16/h3-6,14H,1-2,7-13H2. The fourth-order valence-electron chi connectivity index (χ4n) is 3.40. The number of carbonyl (C=O) groups excluding carboxylic acids is 2. The normalized spacial score (nSPS) is 14.9. The monoisotopic (exact) mass is 452 g/mol. The molecule has 0 radical (unpaired) electrons. The Kier molecular flexibility index (Phi) is 7.11. The van der Waals surface area contributed by atoms with Crippen LogP contribution in [0.15, 0.2) is 37.4 Å². The Balaban J connectivity index is 1.56. The van der Waals surface area contributed by atoms with Crippen molar-refractivity contribution in [1.29, 1.82) is 0 Å². The summed E-state index contributed by atoms with van der Waals surface area (Å²) in [5.74, 6) is -2.09. The van der Waals surface area contributed by atoms with Crippen LogP contribution in [0.3, 0.4) is 0 Å². The van der Waals surface area contributed by atoms with Crippen molar-refractivity contribution in [1.82, 2.24) is 24.7 Å². The lowest BCUT2D eigenvalue weighted by molar-refractivity contribution is -0.155. The highest BCUT2D eigenvalue weighted by atomic mass is 19.4. The van der Waals surface area contributed by atoms with Gasteiger partial charge in [0.25, 0.3) is 11.7 Å². The summed E-state index contributed by atoms with van der Waals surface area (Å²) in [6.07, 6.45) is -0.690. The lowest BCUT2D eigenvalue weighted by Gasteiger charge is -2.31. The molecule has 1 aliphatic rings. The van der Waals surface area contributed by atoms with Crippen LogP contribution in [0.5, 0.6) is 0 Å². The highest BCUT2D eigenvalue weighted by Gasteiger charge is 2.38. The Hall–Kier alpha value is -3.44. The number of fused-ring (bicyclic) bond motifs is 1. The maximum absolute atomic E-state index is 13.1. The first-order chi connectivity index (χ1) is 15.2. The van der Waals surface area contributed by atoms with Gasteiger partial charge in [0.2, 0.25) is 0 Å². The van der Waals surface area contributed by atoms with Crippen molar-refractivity contribution in [3.05, 3.63) is 43.3 Å². The number of halogens is 3. The van der Waals surface area contributed by atoms with E-state index in [1.165, 1.54) is 11.0 Å². The Morgan fingerprint density at radius 2 is 1.81 bits per heavy atom. The van der Waals surface area contributed by atoms with Gasteiger partial charge in [0.05, 0.1) is 5.92 Å². The van der Waals surface area contributed by atoms with Gasteiger partial charge in [-0.3, -0.25) is 9.59 Å². The van der Waals surface area contributed by atoms with Crippen LogP contribution in [0, 0.1) is 5.92 Å². The molecule has 172 valence electrons. The fraction of sp³-hybridized carbons (Fsp3) is 0.450. The minimum atomic E-state index is -4.67. The molecule has 2 aromatic heterocycles. The Bertz CT molecular complexity index is 988. The minimum absolute atomic E-state index is 0.00819. The van der Waals surface area contributed by atoms with Crippen molar-refractivity contribution >= 4 is 23.3 Å². The smallest absolute Gasteiger partial charge is 0.453 e. The van der Waals surface area contributed by atoms with Crippen LogP contribution in [0.2, 0.25) is 0 Å². The third-order valence-corrected chi connectivity index (χ3v) is 5.04. The third kappa shape index (κ3) is 5.24. The molecule has 1 amide bonds. The number of hydrogen-bond acceptors (Lipinski definition) is 7. The second-order valence-electron chi connectivity index (χ2n) is 7.23. The molecule has 0 spiro atoms. The van der Waals surface area contributed by atoms with E-state index in [2.05, 4.69) is 28.5 Å². The summed E-state index contributed by atoms with van der Waals surface area (Å²) in [6.45, 7) is 8.24. The van der Waals surface area contributed by atoms with Crippen LogP contribution in [-0.2, 0) is 20.5 Å². The molecule has 0 bridgehead atoms. The largest absolute Gasteiger partial charge is 0.455 e. The van der Waals surface area contributed by atoms with Crippen molar-refractivity contribution in [2.24, 2.45) is 5.92 Å². The van der Waals surface area contributed by atoms with Crippen molar-refractivity contribution < 1.29 is 27.5 Å². The number of piperidine rings is 1. The van der Waals surface area contributed by atoms with E-state index < -0.39 is 23.9 Å². The molecule has 0 atom stereocenters. The van der Waals surface area contributed by atoms with Gasteiger partial charge in [0, 0.05) is 26.2 Å². The van der Waals surface area contributed by atoms with Gasteiger partial charge in [-0.1, -0.05) is 12.2 Å². The van der Waals surface area contributed by atoms with E-state index >= 15 is 0 Å². The van der Waals surface area contributed by atoms with Crippen molar-refractivity contribution in [3.63, 3.8) is 0 Å². The van der Waals surface area contributed by atoms with Gasteiger partial charge in [-0.15, -0.1) is 28.5 Å². The van der Waals surface area contributed by atoms with E-state index in [-0.39, 0.29) is 18.2 Å². The van der Waals surface area contributed by atoms with E-state index in [1.54, 1.807) is 23.1 Å². The molecule has 1 saturated heterocycles. The number of nitrogens with zero attached hydrogens (tertiary/aromatic N) is 6. The first-order valence-corrected chi connectivity index (χ1v) is 9.95. The maximum atomic E-state index is 13.1. The molecule has 0 unspecified atom stereocenters. The second-order valence-corrected chi connectivity index (χ2v) is 7.23. The average Bonchev–Trinajstić information content (AvgIpc) is 3.21. The molecule has 0 N–H and O–H groups in total. The Labute approximate surface area is 182 Å². The molecular formula is C20H23F3N6O3. The van der Waals surface area contributed by atoms with Gasteiger partial charge in [0.15, 0.2) is 12.3 Å². The lowest BCUT2D eigenvalue weighted by Crippen LogP contribution is -2.39. The molecular weight excluding hydrogens is 429 g/mol. The Morgan fingerprint density at radius 1 is 1.16 bits per heavy atom. The van der Waals surface area contributed by atoms with E-state index in [1.807, 2.05) is 0 Å². The number of hydrogen-bond donors (Lipinski definition) is 0. The first-order valence-electron chi connectivity index (χ1n) is 9.95. The summed E-state index contributed by atoms with van der Waals surface area (Å²) in [7, 11) is 0. The van der Waals surface area contributed by atoms with Crippen molar-refractivity contribution in [2.75, 3.05) is 37.7 Å². The average molecular weight is 452 g/mol. The summed E-state index contributed by atoms with van der Waals surface area (Å²) in [5, 5.41) is 10.7. The summed E-state index contributed by atoms with van der Waals surface area (Å²) in [6, 6.07) is 2.98. The number of anilines is 1. The van der Waals surface area contributed by atoms with E-state index in [9.17, 15) is 22.8 Å². The third-order valence-electron chi connectivity index (χ3n) is 5.04. The van der Waals surface area contributed by atoms with E-state index in [0.717, 1.165) is 0 Å². The highest BCUT2D eigenvalue weighted by molar-refractivity contribution is 5.81. The molecule has 9 nitrogen and oxygen atoms in total. The molecule has 3 heterocycles. The summed E-state index contributed by atoms with van der Waals surface area (Å²) in [4.78, 5) is 27.8. The number of aromatic nitrogens is 4. The van der Waals surface area contributed by atoms with E-state index in [0.29, 0.717) is 49.4 Å². The quantitative estimate of drug-likeness (QED) is 0.447. The summed E-state index contributed by atoms with van der Waals surface area (Å²) < 4.78 is 45.0. The second kappa shape index (κ2) is 9.79. The maximum Gasteiger partial charge on any atom is 0.453 e. The number of rotatable bonds is 8. The zero-order valence-electron chi connectivity index (χ0n) is 17.3. The SMILES string of the molecule is C=CCN(CC=C)C(=O)COC(=O)C1CCN(c2ccc3nnc(C(F)(F)F)n3n2)CC1. The van der Waals surface area contributed by atoms with Gasteiger partial charge in [0.1, 0.15) is 5.82 Å². The number of esters is 1. The molecule has 0 saturated carbocycles. The van der Waals surface area contributed by atoms with Crippen LogP contribution in [-0.4, -0.2) is 69.4 Å². The highest BCUT2D eigenvalue weighted by Crippen LogP contribution is 2.28. The summed E-state index contributed by atoms with van der Waals surface area (Å²) >= 11 is 0. The predicted octanol–water partition coefficient (Wildman–Crippen LogP) is 2.10.